The van der Waals surface area contributed by atoms with Crippen molar-refractivity contribution in [3.63, 3.8) is 0 Å². The van der Waals surface area contributed by atoms with Crippen LogP contribution in [-0.4, -0.2) is 18.5 Å². The van der Waals surface area contributed by atoms with E-state index in [0.29, 0.717) is 5.39 Å². The van der Waals surface area contributed by atoms with E-state index >= 15 is 0 Å². The molecule has 0 spiro atoms. The van der Waals surface area contributed by atoms with Crippen molar-refractivity contribution in [1.82, 2.24) is 0 Å². The Morgan fingerprint density at radius 1 is 0.967 bits per heavy atom. The predicted molar refractivity (Wildman–Crippen MR) is 113 cm³/mol. The number of allylic oxidation sites excluding steroid dienone is 3. The minimum atomic E-state index is -0.864. The molecule has 2 rings (SSSR count). The lowest BCUT2D eigenvalue weighted by Crippen LogP contribution is -2.13. The second-order valence-electron chi connectivity index (χ2n) is 7.07. The predicted octanol–water partition coefficient (Wildman–Crippen LogP) is 4.72. The van der Waals surface area contributed by atoms with Gasteiger partial charge in [0.05, 0.1) is 5.39 Å². The quantitative estimate of drug-likeness (QED) is 0.267. The van der Waals surface area contributed by atoms with Gasteiger partial charge in [-0.25, -0.2) is 4.79 Å². The lowest BCUT2D eigenvalue weighted by atomic mass is 10.1. The fourth-order valence-electron chi connectivity index (χ4n) is 2.70. The third-order valence-corrected chi connectivity index (χ3v) is 4.05. The summed E-state index contributed by atoms with van der Waals surface area (Å²) >= 11 is 0. The molecule has 2 aromatic rings. The van der Waals surface area contributed by atoms with Crippen LogP contribution in [0, 0.1) is 0 Å². The SMILES string of the molecule is CC(=O)Oc1ccc2c(OC/C=C(\C)CCC=C(C)C)c(OC(C)=O)c(=O)oc2c1. The highest BCUT2D eigenvalue weighted by Crippen LogP contribution is 2.34. The molecule has 0 saturated carbocycles. The highest BCUT2D eigenvalue weighted by Gasteiger charge is 2.20. The minimum absolute atomic E-state index is 0.0965. The summed E-state index contributed by atoms with van der Waals surface area (Å²) in [5, 5.41) is 0.414. The first-order valence-corrected chi connectivity index (χ1v) is 9.57. The van der Waals surface area contributed by atoms with Crippen LogP contribution in [0.5, 0.6) is 17.2 Å². The summed E-state index contributed by atoms with van der Waals surface area (Å²) in [5.41, 5.74) is 1.68. The van der Waals surface area contributed by atoms with Crippen LogP contribution in [0.25, 0.3) is 11.0 Å². The van der Waals surface area contributed by atoms with Crippen LogP contribution < -0.4 is 19.8 Å². The summed E-state index contributed by atoms with van der Waals surface area (Å²) < 4.78 is 21.1. The maximum Gasteiger partial charge on any atom is 0.383 e. The monoisotopic (exact) mass is 414 g/mol. The molecule has 160 valence electrons. The maximum absolute atomic E-state index is 12.4. The van der Waals surface area contributed by atoms with Gasteiger partial charge in [0.1, 0.15) is 17.9 Å². The number of carbonyl (C=O) groups is 2. The molecule has 0 aliphatic heterocycles. The number of fused-ring (bicyclic) bond motifs is 1. The zero-order valence-corrected chi connectivity index (χ0v) is 17.9. The zero-order chi connectivity index (χ0) is 22.3. The van der Waals surface area contributed by atoms with Gasteiger partial charge in [0.2, 0.25) is 0 Å². The highest BCUT2D eigenvalue weighted by molar-refractivity contribution is 5.88. The molecule has 0 amide bonds. The average Bonchev–Trinajstić information content (AvgIpc) is 2.62. The van der Waals surface area contributed by atoms with Crippen LogP contribution in [0.2, 0.25) is 0 Å². The first kappa shape index (κ1) is 22.9. The van der Waals surface area contributed by atoms with Gasteiger partial charge in [-0.2, -0.15) is 0 Å². The Kier molecular flexibility index (Phi) is 7.98. The molecular formula is C23H26O7. The summed E-state index contributed by atoms with van der Waals surface area (Å²) in [5.74, 6) is -1.17. The van der Waals surface area contributed by atoms with Crippen molar-refractivity contribution in [2.24, 2.45) is 0 Å². The van der Waals surface area contributed by atoms with Crippen molar-refractivity contribution in [3.05, 3.63) is 51.9 Å². The molecule has 7 nitrogen and oxygen atoms in total. The van der Waals surface area contributed by atoms with Crippen LogP contribution in [0.4, 0.5) is 0 Å². The number of esters is 2. The largest absolute Gasteiger partial charge is 0.485 e. The molecule has 0 atom stereocenters. The number of carbonyl (C=O) groups excluding carboxylic acids is 2. The second-order valence-corrected chi connectivity index (χ2v) is 7.07. The van der Waals surface area contributed by atoms with E-state index in [-0.39, 0.29) is 29.4 Å². The van der Waals surface area contributed by atoms with Crippen molar-refractivity contribution >= 4 is 22.9 Å². The Labute approximate surface area is 174 Å². The van der Waals surface area contributed by atoms with E-state index in [2.05, 4.69) is 19.9 Å². The molecule has 0 N–H and O–H groups in total. The highest BCUT2D eigenvalue weighted by atomic mass is 16.6. The van der Waals surface area contributed by atoms with Crippen molar-refractivity contribution in [3.8, 4) is 17.2 Å². The Morgan fingerprint density at radius 3 is 2.30 bits per heavy atom. The first-order valence-electron chi connectivity index (χ1n) is 9.57. The molecule has 0 bridgehead atoms. The standard InChI is InChI=1S/C23H26O7/c1-14(2)7-6-8-15(3)11-12-27-21-19-10-9-18(28-16(4)24)13-20(19)30-23(26)22(21)29-17(5)25/h7,9-11,13H,6,8,12H2,1-5H3/b15-11+. The van der Waals surface area contributed by atoms with Crippen LogP contribution in [0.3, 0.4) is 0 Å². The fourth-order valence-corrected chi connectivity index (χ4v) is 2.70. The Bertz CT molecular complexity index is 1050. The van der Waals surface area contributed by atoms with Gasteiger partial charge in [0.15, 0.2) is 5.75 Å². The Morgan fingerprint density at radius 2 is 1.67 bits per heavy atom. The normalized spacial score (nSPS) is 11.2. The minimum Gasteiger partial charge on any atom is -0.485 e. The Hall–Kier alpha value is -3.35. The van der Waals surface area contributed by atoms with Gasteiger partial charge in [0, 0.05) is 19.9 Å². The molecule has 0 aliphatic rings. The first-order chi connectivity index (χ1) is 14.2. The van der Waals surface area contributed by atoms with Gasteiger partial charge in [-0.3, -0.25) is 9.59 Å². The number of hydrogen-bond acceptors (Lipinski definition) is 7. The molecule has 0 fully saturated rings. The van der Waals surface area contributed by atoms with Crippen LogP contribution in [-0.2, 0) is 9.59 Å². The van der Waals surface area contributed by atoms with Crippen molar-refractivity contribution in [2.45, 2.75) is 47.5 Å². The van der Waals surface area contributed by atoms with E-state index < -0.39 is 17.6 Å². The molecule has 7 heteroatoms. The number of rotatable bonds is 8. The van der Waals surface area contributed by atoms with Crippen LogP contribution >= 0.6 is 0 Å². The Balaban J connectivity index is 2.36. The molecule has 1 heterocycles. The van der Waals surface area contributed by atoms with Gasteiger partial charge in [0.25, 0.3) is 5.75 Å². The molecule has 1 aromatic heterocycles. The lowest BCUT2D eigenvalue weighted by Gasteiger charge is -2.12. The second kappa shape index (κ2) is 10.4. The topological polar surface area (TPSA) is 92.0 Å². The van der Waals surface area contributed by atoms with E-state index in [1.165, 1.54) is 31.6 Å². The smallest absolute Gasteiger partial charge is 0.383 e. The molecule has 0 unspecified atom stereocenters. The third-order valence-electron chi connectivity index (χ3n) is 4.05. The van der Waals surface area contributed by atoms with Gasteiger partial charge >= 0.3 is 17.6 Å². The summed E-state index contributed by atoms with van der Waals surface area (Å²) in [6, 6.07) is 4.52. The number of benzene rings is 1. The average molecular weight is 414 g/mol. The maximum atomic E-state index is 12.4. The molecule has 0 aliphatic carbocycles. The van der Waals surface area contributed by atoms with Crippen LogP contribution in [0.15, 0.2) is 50.7 Å². The third kappa shape index (κ3) is 6.62. The van der Waals surface area contributed by atoms with Gasteiger partial charge in [-0.05, 0) is 51.8 Å². The summed E-state index contributed by atoms with van der Waals surface area (Å²) in [7, 11) is 0. The van der Waals surface area contributed by atoms with E-state index in [4.69, 9.17) is 18.6 Å². The summed E-state index contributed by atoms with van der Waals surface area (Å²) in [4.78, 5) is 35.0. The van der Waals surface area contributed by atoms with E-state index in [9.17, 15) is 14.4 Å². The molecule has 30 heavy (non-hydrogen) atoms. The van der Waals surface area contributed by atoms with Gasteiger partial charge in [-0.1, -0.05) is 17.2 Å². The van der Waals surface area contributed by atoms with E-state index in [1.54, 1.807) is 6.07 Å². The number of hydrogen-bond donors (Lipinski definition) is 0. The van der Waals surface area contributed by atoms with Gasteiger partial charge < -0.3 is 18.6 Å². The zero-order valence-electron chi connectivity index (χ0n) is 17.9. The summed E-state index contributed by atoms with van der Waals surface area (Å²) in [6.07, 6.45) is 5.88. The van der Waals surface area contributed by atoms with E-state index in [0.717, 1.165) is 18.4 Å². The molecule has 0 radical (unpaired) electrons. The summed E-state index contributed by atoms with van der Waals surface area (Å²) in [6.45, 7) is 8.74. The van der Waals surface area contributed by atoms with Crippen molar-refractivity contribution < 1.29 is 28.2 Å². The van der Waals surface area contributed by atoms with Gasteiger partial charge in [-0.15, -0.1) is 0 Å². The number of ether oxygens (including phenoxy) is 3. The van der Waals surface area contributed by atoms with E-state index in [1.807, 2.05) is 13.0 Å². The molecule has 1 aromatic carbocycles. The molecular weight excluding hydrogens is 388 g/mol. The fraction of sp³-hybridized carbons (Fsp3) is 0.348. The lowest BCUT2D eigenvalue weighted by molar-refractivity contribution is -0.133. The van der Waals surface area contributed by atoms with Crippen molar-refractivity contribution in [2.75, 3.05) is 6.61 Å². The van der Waals surface area contributed by atoms with Crippen molar-refractivity contribution in [1.29, 1.82) is 0 Å². The molecule has 0 saturated heterocycles. The van der Waals surface area contributed by atoms with Crippen LogP contribution in [0.1, 0.15) is 47.5 Å².